The molecule has 0 heterocycles. The Bertz CT molecular complexity index is 115. The van der Waals surface area contributed by atoms with Crippen LogP contribution >= 0.6 is 0 Å². The molecule has 0 saturated heterocycles. The molecule has 0 amide bonds. The van der Waals surface area contributed by atoms with Gasteiger partial charge in [-0.2, -0.15) is 0 Å². The van der Waals surface area contributed by atoms with Crippen molar-refractivity contribution in [2.45, 2.75) is 33.3 Å². The number of aliphatic hydroxyl groups excluding tert-OH is 2. The molecule has 0 rings (SSSR count). The quantitative estimate of drug-likeness (QED) is 0.392. The summed E-state index contributed by atoms with van der Waals surface area (Å²) < 4.78 is 0.331. The molecule has 1 atom stereocenters. The minimum atomic E-state index is -1.65. The second-order valence-corrected chi connectivity index (χ2v) is 2.99. The third kappa shape index (κ3) is 2.17. The summed E-state index contributed by atoms with van der Waals surface area (Å²) in [6.45, 7) is 7.89. The third-order valence-corrected chi connectivity index (χ3v) is 2.72. The Hall–Kier alpha value is -0.160. The van der Waals surface area contributed by atoms with Gasteiger partial charge in [-0.15, -0.1) is 0 Å². The molecule has 0 aliphatic heterocycles. The molecule has 3 N–H and O–H groups in total. The molecule has 4 heteroatoms. The van der Waals surface area contributed by atoms with Crippen molar-refractivity contribution in [1.82, 2.24) is 0 Å². The van der Waals surface area contributed by atoms with E-state index in [9.17, 15) is 5.11 Å². The van der Waals surface area contributed by atoms with Crippen molar-refractivity contribution in [2.24, 2.45) is 0 Å². The van der Waals surface area contributed by atoms with E-state index in [1.807, 2.05) is 20.8 Å². The van der Waals surface area contributed by atoms with Crippen LogP contribution in [0, 0.1) is 0 Å². The number of likely N-dealkylation sites (N-methyl/N-ethyl adjacent to an activating group) is 1. The van der Waals surface area contributed by atoms with Gasteiger partial charge in [-0.1, -0.05) is 0 Å². The number of hydrogen-bond donors (Lipinski definition) is 3. The first kappa shape index (κ1) is 11.8. The molecule has 0 spiro atoms. The average molecular weight is 178 g/mol. The van der Waals surface area contributed by atoms with Gasteiger partial charge in [0.2, 0.25) is 12.5 Å². The molecule has 0 saturated carbocycles. The van der Waals surface area contributed by atoms with Gasteiger partial charge < -0.3 is 15.3 Å². The van der Waals surface area contributed by atoms with Crippen molar-refractivity contribution in [3.63, 3.8) is 0 Å². The van der Waals surface area contributed by atoms with Crippen LogP contribution in [0.15, 0.2) is 0 Å². The fourth-order valence-electron chi connectivity index (χ4n) is 1.51. The zero-order valence-electron chi connectivity index (χ0n) is 8.06. The van der Waals surface area contributed by atoms with Gasteiger partial charge in [0.1, 0.15) is 0 Å². The lowest BCUT2D eigenvalue weighted by atomic mass is 10.3. The number of rotatable bonds is 5. The van der Waals surface area contributed by atoms with Crippen LogP contribution in [-0.4, -0.2) is 52.0 Å². The molecular weight excluding hydrogens is 158 g/mol. The lowest BCUT2D eigenvalue weighted by Crippen LogP contribution is -2.59. The maximum Gasteiger partial charge on any atom is 0.242 e. The standard InChI is InChI=1S/C8H20NO3/c1-4-9(5-2,6-3)7(10)8(11)12/h7-8,10-12H,4-6H2,1-3H3/q+1. The van der Waals surface area contributed by atoms with Crippen LogP contribution in [0.5, 0.6) is 0 Å². The maximum absolute atomic E-state index is 9.51. The zero-order chi connectivity index (χ0) is 9.78. The summed E-state index contributed by atoms with van der Waals surface area (Å²) in [5.74, 6) is 0. The highest BCUT2D eigenvalue weighted by Crippen LogP contribution is 2.13. The van der Waals surface area contributed by atoms with Crippen molar-refractivity contribution < 1.29 is 19.8 Å². The zero-order valence-corrected chi connectivity index (χ0v) is 8.06. The molecule has 0 fully saturated rings. The Morgan fingerprint density at radius 2 is 1.25 bits per heavy atom. The lowest BCUT2D eigenvalue weighted by molar-refractivity contribution is -0.973. The molecule has 12 heavy (non-hydrogen) atoms. The van der Waals surface area contributed by atoms with E-state index >= 15 is 0 Å². The van der Waals surface area contributed by atoms with Gasteiger partial charge in [-0.05, 0) is 20.8 Å². The van der Waals surface area contributed by atoms with Crippen LogP contribution in [0.25, 0.3) is 0 Å². The second kappa shape index (κ2) is 4.77. The highest BCUT2D eigenvalue weighted by Gasteiger charge is 2.35. The highest BCUT2D eigenvalue weighted by atomic mass is 16.5. The summed E-state index contributed by atoms with van der Waals surface area (Å²) in [6, 6.07) is 0. The van der Waals surface area contributed by atoms with Crippen molar-refractivity contribution in [2.75, 3.05) is 19.6 Å². The largest absolute Gasteiger partial charge is 0.361 e. The first-order valence-electron chi connectivity index (χ1n) is 4.44. The summed E-state index contributed by atoms with van der Waals surface area (Å²) in [5.41, 5.74) is 0. The van der Waals surface area contributed by atoms with E-state index in [1.165, 1.54) is 0 Å². The number of aliphatic hydroxyl groups is 3. The molecule has 0 bridgehead atoms. The SMILES string of the molecule is CC[N+](CC)(CC)C(O)C(O)O. The predicted octanol–water partition coefficient (Wildman–Crippen LogP) is -0.508. The van der Waals surface area contributed by atoms with Crippen LogP contribution in [0.1, 0.15) is 20.8 Å². The minimum Gasteiger partial charge on any atom is -0.361 e. The van der Waals surface area contributed by atoms with Crippen molar-refractivity contribution in [3.05, 3.63) is 0 Å². The van der Waals surface area contributed by atoms with E-state index in [0.717, 1.165) is 0 Å². The normalized spacial score (nSPS) is 15.2. The molecule has 0 aromatic rings. The Morgan fingerprint density at radius 3 is 1.33 bits per heavy atom. The smallest absolute Gasteiger partial charge is 0.242 e. The van der Waals surface area contributed by atoms with Crippen molar-refractivity contribution in [1.29, 1.82) is 0 Å². The summed E-state index contributed by atoms with van der Waals surface area (Å²) in [7, 11) is 0. The average Bonchev–Trinajstić information content (AvgIpc) is 2.08. The molecule has 0 aliphatic carbocycles. The maximum atomic E-state index is 9.51. The predicted molar refractivity (Wildman–Crippen MR) is 46.1 cm³/mol. The van der Waals surface area contributed by atoms with Gasteiger partial charge in [0.25, 0.3) is 0 Å². The molecule has 74 valence electrons. The van der Waals surface area contributed by atoms with Crippen molar-refractivity contribution in [3.8, 4) is 0 Å². The Kier molecular flexibility index (Phi) is 4.70. The topological polar surface area (TPSA) is 60.7 Å². The van der Waals surface area contributed by atoms with E-state index in [2.05, 4.69) is 0 Å². The Labute approximate surface area is 73.6 Å². The molecule has 0 aromatic heterocycles. The summed E-state index contributed by atoms with van der Waals surface area (Å²) in [6.07, 6.45) is -2.74. The Morgan fingerprint density at radius 1 is 0.917 bits per heavy atom. The van der Waals surface area contributed by atoms with Gasteiger partial charge in [0, 0.05) is 0 Å². The van der Waals surface area contributed by atoms with Crippen molar-refractivity contribution >= 4 is 0 Å². The van der Waals surface area contributed by atoms with E-state index in [4.69, 9.17) is 10.2 Å². The van der Waals surface area contributed by atoms with Gasteiger partial charge in [-0.25, -0.2) is 0 Å². The lowest BCUT2D eigenvalue weighted by Gasteiger charge is -2.40. The highest BCUT2D eigenvalue weighted by molar-refractivity contribution is 4.46. The van der Waals surface area contributed by atoms with Gasteiger partial charge in [0.05, 0.1) is 19.6 Å². The fraction of sp³-hybridized carbons (Fsp3) is 1.00. The van der Waals surface area contributed by atoms with Crippen LogP contribution in [-0.2, 0) is 0 Å². The third-order valence-electron chi connectivity index (χ3n) is 2.72. The van der Waals surface area contributed by atoms with Crippen LogP contribution in [0.3, 0.4) is 0 Å². The molecule has 0 aromatic carbocycles. The minimum absolute atomic E-state index is 0.331. The van der Waals surface area contributed by atoms with E-state index in [1.54, 1.807) is 0 Å². The molecule has 0 aliphatic rings. The number of hydrogen-bond acceptors (Lipinski definition) is 3. The van der Waals surface area contributed by atoms with E-state index in [-0.39, 0.29) is 0 Å². The first-order valence-corrected chi connectivity index (χ1v) is 4.44. The Balaban J connectivity index is 4.46. The first-order chi connectivity index (χ1) is 5.54. The van der Waals surface area contributed by atoms with Crippen LogP contribution in [0.4, 0.5) is 0 Å². The monoisotopic (exact) mass is 178 g/mol. The summed E-state index contributed by atoms with van der Waals surface area (Å²) in [5, 5.41) is 27.2. The summed E-state index contributed by atoms with van der Waals surface area (Å²) >= 11 is 0. The number of nitrogens with zero attached hydrogens (tertiary/aromatic N) is 1. The van der Waals surface area contributed by atoms with Gasteiger partial charge in [0.15, 0.2) is 0 Å². The fourth-order valence-corrected chi connectivity index (χ4v) is 1.51. The van der Waals surface area contributed by atoms with E-state index in [0.29, 0.717) is 24.1 Å². The van der Waals surface area contributed by atoms with Crippen LogP contribution in [0.2, 0.25) is 0 Å². The molecule has 0 radical (unpaired) electrons. The second-order valence-electron chi connectivity index (χ2n) is 2.99. The van der Waals surface area contributed by atoms with E-state index < -0.39 is 12.5 Å². The summed E-state index contributed by atoms with van der Waals surface area (Å²) in [4.78, 5) is 0. The molecule has 1 unspecified atom stereocenters. The van der Waals surface area contributed by atoms with Crippen LogP contribution < -0.4 is 0 Å². The molecule has 4 nitrogen and oxygen atoms in total. The number of quaternary nitrogens is 1. The van der Waals surface area contributed by atoms with Gasteiger partial charge >= 0.3 is 0 Å². The van der Waals surface area contributed by atoms with Gasteiger partial charge in [-0.3, -0.25) is 4.48 Å². The molecular formula is C8H20NO3+.